The van der Waals surface area contributed by atoms with Crippen molar-refractivity contribution in [3.05, 3.63) is 47.1 Å². The minimum absolute atomic E-state index is 0.188. The standard InChI is InChI=1S/C15H11NO3S2/c1-18-10-4-2-9(3-5-10)12-7-6-11(19-12)8-13-14(17)16-15(20)21-13/h2-8H,1H3,(H,16,17,20). The van der Waals surface area contributed by atoms with Crippen molar-refractivity contribution in [2.75, 3.05) is 7.11 Å². The van der Waals surface area contributed by atoms with Gasteiger partial charge >= 0.3 is 0 Å². The number of carbonyl (C=O) groups is 1. The second-order valence-electron chi connectivity index (χ2n) is 4.28. The highest BCUT2D eigenvalue weighted by molar-refractivity contribution is 8.26. The number of hydrogen-bond acceptors (Lipinski definition) is 5. The van der Waals surface area contributed by atoms with Crippen LogP contribution in [0, 0.1) is 0 Å². The van der Waals surface area contributed by atoms with Crippen molar-refractivity contribution < 1.29 is 13.9 Å². The largest absolute Gasteiger partial charge is 0.497 e. The van der Waals surface area contributed by atoms with Crippen LogP contribution in [0.1, 0.15) is 5.76 Å². The lowest BCUT2D eigenvalue weighted by Crippen LogP contribution is -2.17. The number of thiocarbonyl (C=S) groups is 1. The number of carbonyl (C=O) groups excluding carboxylic acids is 1. The molecule has 1 saturated heterocycles. The highest BCUT2D eigenvalue weighted by atomic mass is 32.2. The minimum Gasteiger partial charge on any atom is -0.497 e. The summed E-state index contributed by atoms with van der Waals surface area (Å²) in [5.41, 5.74) is 0.944. The molecule has 1 aromatic heterocycles. The Morgan fingerprint density at radius 3 is 2.62 bits per heavy atom. The first kappa shape index (κ1) is 13.9. The van der Waals surface area contributed by atoms with Gasteiger partial charge < -0.3 is 14.5 Å². The number of nitrogens with one attached hydrogen (secondary N) is 1. The molecule has 0 bridgehead atoms. The van der Waals surface area contributed by atoms with E-state index in [4.69, 9.17) is 21.4 Å². The second-order valence-corrected chi connectivity index (χ2v) is 6.00. The summed E-state index contributed by atoms with van der Waals surface area (Å²) >= 11 is 6.18. The smallest absolute Gasteiger partial charge is 0.263 e. The molecule has 1 N–H and O–H groups in total. The number of thioether (sulfide) groups is 1. The number of furan rings is 1. The maximum atomic E-state index is 11.6. The Kier molecular flexibility index (Phi) is 3.81. The van der Waals surface area contributed by atoms with Gasteiger partial charge in [-0.25, -0.2) is 0 Å². The van der Waals surface area contributed by atoms with Gasteiger partial charge in [0.25, 0.3) is 5.91 Å². The molecule has 0 radical (unpaired) electrons. The van der Waals surface area contributed by atoms with Crippen molar-refractivity contribution >= 4 is 40.3 Å². The first-order chi connectivity index (χ1) is 10.2. The van der Waals surface area contributed by atoms with Gasteiger partial charge in [0.15, 0.2) is 0 Å². The van der Waals surface area contributed by atoms with Crippen LogP contribution in [0.25, 0.3) is 17.4 Å². The van der Waals surface area contributed by atoms with Gasteiger partial charge in [0, 0.05) is 11.6 Å². The Bertz CT molecular complexity index is 732. The van der Waals surface area contributed by atoms with Crippen molar-refractivity contribution in [2.45, 2.75) is 0 Å². The molecule has 1 aromatic carbocycles. The van der Waals surface area contributed by atoms with Gasteiger partial charge in [-0.05, 0) is 36.4 Å². The Labute approximate surface area is 131 Å². The van der Waals surface area contributed by atoms with Gasteiger partial charge in [-0.3, -0.25) is 4.79 Å². The number of amides is 1. The molecule has 0 unspecified atom stereocenters. The summed E-state index contributed by atoms with van der Waals surface area (Å²) in [6.07, 6.45) is 1.69. The number of rotatable bonds is 3. The van der Waals surface area contributed by atoms with Crippen molar-refractivity contribution in [3.8, 4) is 17.1 Å². The molecular formula is C15H11NO3S2. The molecule has 0 spiro atoms. The van der Waals surface area contributed by atoms with Gasteiger partial charge in [0.1, 0.15) is 21.6 Å². The predicted octanol–water partition coefficient (Wildman–Crippen LogP) is 3.44. The highest BCUT2D eigenvalue weighted by Gasteiger charge is 2.22. The summed E-state index contributed by atoms with van der Waals surface area (Å²) < 4.78 is 11.3. The lowest BCUT2D eigenvalue weighted by Gasteiger charge is -2.00. The summed E-state index contributed by atoms with van der Waals surface area (Å²) in [5, 5.41) is 2.57. The second kappa shape index (κ2) is 5.75. The van der Waals surface area contributed by atoms with E-state index in [1.807, 2.05) is 36.4 Å². The van der Waals surface area contributed by atoms with E-state index in [2.05, 4.69) is 5.32 Å². The van der Waals surface area contributed by atoms with Crippen LogP contribution in [-0.2, 0) is 4.79 Å². The summed E-state index contributed by atoms with van der Waals surface area (Å²) in [6, 6.07) is 11.3. The SMILES string of the molecule is COc1ccc(-c2ccc(C=C3SC(=S)NC3=O)o2)cc1. The number of ether oxygens (including phenoxy) is 1. The molecule has 3 rings (SSSR count). The molecule has 1 aliphatic rings. The maximum Gasteiger partial charge on any atom is 0.263 e. The summed E-state index contributed by atoms with van der Waals surface area (Å²) in [4.78, 5) is 12.1. The summed E-state index contributed by atoms with van der Waals surface area (Å²) in [6.45, 7) is 0. The fourth-order valence-corrected chi connectivity index (χ4v) is 2.92. The molecule has 21 heavy (non-hydrogen) atoms. The maximum absolute atomic E-state index is 11.6. The topological polar surface area (TPSA) is 51.5 Å². The van der Waals surface area contributed by atoms with Crippen molar-refractivity contribution in [3.63, 3.8) is 0 Å². The summed E-state index contributed by atoms with van der Waals surface area (Å²) in [7, 11) is 1.63. The van der Waals surface area contributed by atoms with E-state index in [0.717, 1.165) is 17.1 Å². The van der Waals surface area contributed by atoms with E-state index in [0.29, 0.717) is 15.0 Å². The van der Waals surface area contributed by atoms with Crippen LogP contribution in [0.3, 0.4) is 0 Å². The van der Waals surface area contributed by atoms with Gasteiger partial charge in [0.05, 0.1) is 12.0 Å². The van der Waals surface area contributed by atoms with Gasteiger partial charge in [-0.1, -0.05) is 24.0 Å². The van der Waals surface area contributed by atoms with Crippen LogP contribution in [0.15, 0.2) is 45.7 Å². The van der Waals surface area contributed by atoms with Crippen LogP contribution in [0.5, 0.6) is 5.75 Å². The van der Waals surface area contributed by atoms with Gasteiger partial charge in [-0.2, -0.15) is 0 Å². The molecule has 1 amide bonds. The zero-order valence-corrected chi connectivity index (χ0v) is 12.7. The van der Waals surface area contributed by atoms with E-state index in [9.17, 15) is 4.79 Å². The quantitative estimate of drug-likeness (QED) is 0.694. The molecule has 4 nitrogen and oxygen atoms in total. The number of benzene rings is 1. The van der Waals surface area contributed by atoms with E-state index in [-0.39, 0.29) is 5.91 Å². The van der Waals surface area contributed by atoms with Gasteiger partial charge in [-0.15, -0.1) is 0 Å². The Balaban J connectivity index is 1.84. The average Bonchev–Trinajstić information content (AvgIpc) is 3.07. The minimum atomic E-state index is -0.188. The van der Waals surface area contributed by atoms with Crippen molar-refractivity contribution in [1.82, 2.24) is 5.32 Å². The molecule has 0 aliphatic carbocycles. The third kappa shape index (κ3) is 3.01. The molecule has 106 valence electrons. The molecule has 1 aliphatic heterocycles. The van der Waals surface area contributed by atoms with Crippen LogP contribution in [-0.4, -0.2) is 17.3 Å². The Morgan fingerprint density at radius 1 is 1.24 bits per heavy atom. The Hall–Kier alpha value is -2.05. The number of hydrogen-bond donors (Lipinski definition) is 1. The lowest BCUT2D eigenvalue weighted by atomic mass is 10.2. The molecule has 1 fully saturated rings. The first-order valence-corrected chi connectivity index (χ1v) is 7.37. The van der Waals surface area contributed by atoms with Crippen LogP contribution >= 0.6 is 24.0 Å². The zero-order chi connectivity index (χ0) is 14.8. The van der Waals surface area contributed by atoms with Crippen LogP contribution in [0.4, 0.5) is 0 Å². The van der Waals surface area contributed by atoms with Gasteiger partial charge in [0.2, 0.25) is 0 Å². The fourth-order valence-electron chi connectivity index (χ4n) is 1.89. The van der Waals surface area contributed by atoms with Crippen molar-refractivity contribution in [1.29, 1.82) is 0 Å². The van der Waals surface area contributed by atoms with Crippen molar-refractivity contribution in [2.24, 2.45) is 0 Å². The monoisotopic (exact) mass is 317 g/mol. The van der Waals surface area contributed by atoms with E-state index >= 15 is 0 Å². The van der Waals surface area contributed by atoms with E-state index in [1.54, 1.807) is 13.2 Å². The third-order valence-electron chi connectivity index (χ3n) is 2.92. The summed E-state index contributed by atoms with van der Waals surface area (Å²) in [5.74, 6) is 1.95. The fraction of sp³-hybridized carbons (Fsp3) is 0.0667. The molecule has 2 aromatic rings. The molecule has 6 heteroatoms. The highest BCUT2D eigenvalue weighted by Crippen LogP contribution is 2.29. The normalized spacial score (nSPS) is 16.3. The number of methoxy groups -OCH3 is 1. The third-order valence-corrected chi connectivity index (χ3v) is 4.08. The Morgan fingerprint density at radius 2 is 2.00 bits per heavy atom. The van der Waals surface area contributed by atoms with Crippen LogP contribution < -0.4 is 10.1 Å². The molecule has 0 saturated carbocycles. The first-order valence-electron chi connectivity index (χ1n) is 6.15. The zero-order valence-electron chi connectivity index (χ0n) is 11.1. The average molecular weight is 317 g/mol. The van der Waals surface area contributed by atoms with E-state index in [1.165, 1.54) is 11.8 Å². The molecule has 2 heterocycles. The van der Waals surface area contributed by atoms with E-state index < -0.39 is 0 Å². The molecular weight excluding hydrogens is 306 g/mol. The lowest BCUT2D eigenvalue weighted by molar-refractivity contribution is -0.115. The van der Waals surface area contributed by atoms with Crippen LogP contribution in [0.2, 0.25) is 0 Å². The molecule has 0 atom stereocenters. The predicted molar refractivity (Wildman–Crippen MR) is 87.0 cm³/mol.